The van der Waals surface area contributed by atoms with Gasteiger partial charge in [-0.1, -0.05) is 13.8 Å². The monoisotopic (exact) mass is 279 g/mol. The number of nitrogens with one attached hydrogen (secondary N) is 1. The molecule has 2 unspecified atom stereocenters. The van der Waals surface area contributed by atoms with Crippen LogP contribution in [-0.2, 0) is 9.53 Å². The molecular formula is C12H26ClN3O2. The fraction of sp³-hybridized carbons (Fsp3) is 0.917. The summed E-state index contributed by atoms with van der Waals surface area (Å²) in [5.74, 6) is 0.544. The third-order valence-electron chi connectivity index (χ3n) is 2.76. The average molecular weight is 280 g/mol. The summed E-state index contributed by atoms with van der Waals surface area (Å²) in [5.41, 5.74) is 5.48. The van der Waals surface area contributed by atoms with Crippen LogP contribution in [0.1, 0.15) is 20.8 Å². The number of amides is 1. The zero-order valence-electron chi connectivity index (χ0n) is 11.5. The van der Waals surface area contributed by atoms with Crippen LogP contribution >= 0.6 is 12.4 Å². The first-order chi connectivity index (χ1) is 7.99. The average Bonchev–Trinajstić information content (AvgIpc) is 2.25. The molecule has 0 aliphatic carbocycles. The van der Waals surface area contributed by atoms with Crippen molar-refractivity contribution in [1.29, 1.82) is 0 Å². The zero-order valence-corrected chi connectivity index (χ0v) is 12.3. The van der Waals surface area contributed by atoms with Gasteiger partial charge in [-0.2, -0.15) is 0 Å². The first-order valence-electron chi connectivity index (χ1n) is 6.36. The van der Waals surface area contributed by atoms with Gasteiger partial charge in [0, 0.05) is 26.2 Å². The lowest BCUT2D eigenvalue weighted by Crippen LogP contribution is -2.50. The molecule has 5 nitrogen and oxygen atoms in total. The molecular weight excluding hydrogens is 254 g/mol. The van der Waals surface area contributed by atoms with E-state index in [9.17, 15) is 4.79 Å². The number of hydrogen-bond acceptors (Lipinski definition) is 4. The van der Waals surface area contributed by atoms with Gasteiger partial charge < -0.3 is 15.8 Å². The van der Waals surface area contributed by atoms with E-state index in [1.807, 2.05) is 0 Å². The summed E-state index contributed by atoms with van der Waals surface area (Å²) in [6.07, 6.45) is 0.0881. The van der Waals surface area contributed by atoms with Crippen molar-refractivity contribution in [1.82, 2.24) is 10.2 Å². The van der Waals surface area contributed by atoms with Gasteiger partial charge in [0.1, 0.15) is 0 Å². The highest BCUT2D eigenvalue weighted by Gasteiger charge is 2.21. The number of carbonyl (C=O) groups is 1. The van der Waals surface area contributed by atoms with Crippen molar-refractivity contribution in [2.45, 2.75) is 32.9 Å². The van der Waals surface area contributed by atoms with Crippen molar-refractivity contribution >= 4 is 18.3 Å². The molecule has 0 aromatic carbocycles. The molecule has 0 radical (unpaired) electrons. The molecule has 0 aromatic rings. The quantitative estimate of drug-likeness (QED) is 0.756. The molecule has 1 rings (SSSR count). The van der Waals surface area contributed by atoms with Crippen molar-refractivity contribution in [2.75, 3.05) is 32.8 Å². The van der Waals surface area contributed by atoms with Crippen molar-refractivity contribution < 1.29 is 9.53 Å². The van der Waals surface area contributed by atoms with Crippen molar-refractivity contribution in [3.8, 4) is 0 Å². The summed E-state index contributed by atoms with van der Waals surface area (Å²) in [6.45, 7) is 10.3. The fourth-order valence-electron chi connectivity index (χ4n) is 1.96. The number of nitrogens with two attached hydrogens (primary N) is 1. The first-order valence-corrected chi connectivity index (χ1v) is 6.36. The molecule has 3 N–H and O–H groups in total. The summed E-state index contributed by atoms with van der Waals surface area (Å²) < 4.78 is 5.62. The highest BCUT2D eigenvalue weighted by atomic mass is 35.5. The lowest BCUT2D eigenvalue weighted by Gasteiger charge is -2.34. The van der Waals surface area contributed by atoms with Gasteiger partial charge in [0.2, 0.25) is 5.91 Å². The van der Waals surface area contributed by atoms with Crippen LogP contribution in [0, 0.1) is 5.92 Å². The van der Waals surface area contributed by atoms with E-state index in [-0.39, 0.29) is 24.4 Å². The normalized spacial score (nSPS) is 22.4. The minimum atomic E-state index is -0.453. The molecule has 1 aliphatic rings. The van der Waals surface area contributed by atoms with Gasteiger partial charge >= 0.3 is 0 Å². The van der Waals surface area contributed by atoms with E-state index in [1.54, 1.807) is 6.92 Å². The van der Waals surface area contributed by atoms with E-state index >= 15 is 0 Å². The minimum Gasteiger partial charge on any atom is -0.374 e. The summed E-state index contributed by atoms with van der Waals surface area (Å²) in [7, 11) is 0. The predicted molar refractivity (Wildman–Crippen MR) is 74.9 cm³/mol. The molecule has 18 heavy (non-hydrogen) atoms. The minimum absolute atomic E-state index is 0. The smallest absolute Gasteiger partial charge is 0.236 e. The molecule has 0 bridgehead atoms. The van der Waals surface area contributed by atoms with Gasteiger partial charge in [0.15, 0.2) is 0 Å². The Kier molecular flexibility index (Phi) is 8.52. The van der Waals surface area contributed by atoms with E-state index in [2.05, 4.69) is 24.1 Å². The van der Waals surface area contributed by atoms with Crippen LogP contribution in [0.15, 0.2) is 0 Å². The molecule has 2 atom stereocenters. The first kappa shape index (κ1) is 17.6. The standard InChI is InChI=1S/C12H25N3O2.ClH/c1-9(2)7-15-4-5-17-11(8-15)6-14-12(16)10(3)13;/h9-11H,4-8,13H2,1-3H3,(H,14,16);1H. The topological polar surface area (TPSA) is 67.6 Å². The van der Waals surface area contributed by atoms with E-state index < -0.39 is 6.04 Å². The number of nitrogens with zero attached hydrogens (tertiary/aromatic N) is 1. The van der Waals surface area contributed by atoms with Crippen molar-refractivity contribution in [2.24, 2.45) is 11.7 Å². The third kappa shape index (κ3) is 6.54. The molecule has 108 valence electrons. The second kappa shape index (κ2) is 8.69. The number of hydrogen-bond donors (Lipinski definition) is 2. The van der Waals surface area contributed by atoms with Gasteiger partial charge in [-0.25, -0.2) is 0 Å². The zero-order chi connectivity index (χ0) is 12.8. The van der Waals surface area contributed by atoms with Gasteiger partial charge in [-0.3, -0.25) is 9.69 Å². The Labute approximate surface area is 116 Å². The van der Waals surface area contributed by atoms with Crippen LogP contribution in [0.5, 0.6) is 0 Å². The summed E-state index contributed by atoms with van der Waals surface area (Å²) in [4.78, 5) is 13.7. The van der Waals surface area contributed by atoms with E-state index in [0.717, 1.165) is 26.2 Å². The van der Waals surface area contributed by atoms with Gasteiger partial charge in [-0.05, 0) is 12.8 Å². The van der Waals surface area contributed by atoms with Crippen LogP contribution in [0.25, 0.3) is 0 Å². The van der Waals surface area contributed by atoms with Gasteiger partial charge in [0.05, 0.1) is 18.8 Å². The molecule has 1 saturated heterocycles. The fourth-order valence-corrected chi connectivity index (χ4v) is 1.96. The third-order valence-corrected chi connectivity index (χ3v) is 2.76. The molecule has 0 saturated carbocycles. The van der Waals surface area contributed by atoms with Crippen molar-refractivity contribution in [3.63, 3.8) is 0 Å². The highest BCUT2D eigenvalue weighted by molar-refractivity contribution is 5.85. The lowest BCUT2D eigenvalue weighted by molar-refractivity contribution is -0.123. The van der Waals surface area contributed by atoms with Crippen LogP contribution in [-0.4, -0.2) is 55.7 Å². The van der Waals surface area contributed by atoms with Crippen molar-refractivity contribution in [3.05, 3.63) is 0 Å². The molecule has 1 aliphatic heterocycles. The summed E-state index contributed by atoms with van der Waals surface area (Å²) in [6, 6.07) is -0.453. The highest BCUT2D eigenvalue weighted by Crippen LogP contribution is 2.07. The van der Waals surface area contributed by atoms with Gasteiger partial charge in [0.25, 0.3) is 0 Å². The van der Waals surface area contributed by atoms with Crippen LogP contribution in [0.3, 0.4) is 0 Å². The lowest BCUT2D eigenvalue weighted by atomic mass is 10.2. The number of ether oxygens (including phenoxy) is 1. The summed E-state index contributed by atoms with van der Waals surface area (Å²) in [5, 5.41) is 2.81. The maximum absolute atomic E-state index is 11.3. The SMILES string of the molecule is CC(C)CN1CCOC(CNC(=O)C(C)N)C1.Cl. The number of morpholine rings is 1. The Morgan fingerprint density at radius 2 is 2.17 bits per heavy atom. The Balaban J connectivity index is 0.00000289. The molecule has 1 amide bonds. The van der Waals surface area contributed by atoms with E-state index in [4.69, 9.17) is 10.5 Å². The number of rotatable bonds is 5. The Morgan fingerprint density at radius 1 is 1.50 bits per heavy atom. The molecule has 0 spiro atoms. The number of halogens is 1. The van der Waals surface area contributed by atoms with Crippen LogP contribution < -0.4 is 11.1 Å². The molecule has 1 fully saturated rings. The maximum atomic E-state index is 11.3. The molecule has 1 heterocycles. The summed E-state index contributed by atoms with van der Waals surface area (Å²) >= 11 is 0. The van der Waals surface area contributed by atoms with Crippen LogP contribution in [0.4, 0.5) is 0 Å². The Morgan fingerprint density at radius 3 is 2.72 bits per heavy atom. The van der Waals surface area contributed by atoms with Crippen LogP contribution in [0.2, 0.25) is 0 Å². The second-order valence-corrected chi connectivity index (χ2v) is 5.18. The second-order valence-electron chi connectivity index (χ2n) is 5.18. The number of carbonyl (C=O) groups excluding carboxylic acids is 1. The predicted octanol–water partition coefficient (Wildman–Crippen LogP) is 0.228. The maximum Gasteiger partial charge on any atom is 0.236 e. The molecule has 6 heteroatoms. The van der Waals surface area contributed by atoms with E-state index in [1.165, 1.54) is 0 Å². The molecule has 0 aromatic heterocycles. The Bertz CT molecular complexity index is 249. The van der Waals surface area contributed by atoms with E-state index in [0.29, 0.717) is 12.5 Å². The van der Waals surface area contributed by atoms with Gasteiger partial charge in [-0.15, -0.1) is 12.4 Å². The Hall–Kier alpha value is -0.360. The largest absolute Gasteiger partial charge is 0.374 e.